The number of hydrogen-bond donors (Lipinski definition) is 2. The Labute approximate surface area is 220 Å². The molecule has 1 aliphatic heterocycles. The number of pyridine rings is 2. The fraction of sp³-hybridized carbons (Fsp3) is 0.357. The zero-order chi connectivity index (χ0) is 27.2. The molecule has 1 unspecified atom stereocenters. The van der Waals surface area contributed by atoms with Crippen molar-refractivity contribution in [3.63, 3.8) is 0 Å². The number of fused-ring (bicyclic) bond motifs is 3. The highest BCUT2D eigenvalue weighted by Gasteiger charge is 2.33. The molecule has 3 aromatic heterocycles. The van der Waals surface area contributed by atoms with Crippen molar-refractivity contribution in [3.05, 3.63) is 65.1 Å². The number of rotatable bonds is 4. The van der Waals surface area contributed by atoms with E-state index < -0.39 is 5.60 Å². The summed E-state index contributed by atoms with van der Waals surface area (Å²) in [7, 11) is 3.54. The van der Waals surface area contributed by atoms with Crippen molar-refractivity contribution in [1.29, 1.82) is 0 Å². The lowest BCUT2D eigenvalue weighted by atomic mass is 10.0. The molecule has 1 fully saturated rings. The number of carbonyl (C=O) groups is 1. The highest BCUT2D eigenvalue weighted by atomic mass is 16.6. The van der Waals surface area contributed by atoms with Crippen molar-refractivity contribution in [2.45, 2.75) is 38.8 Å². The SMILES string of the molecule is CN/C=C(\N)c1ccc(-c2ccc3ncc4c(c3c2)n(C2CCN(C(=O)OC(C)(C)C)C2)c(=O)n4C)cn1. The summed E-state index contributed by atoms with van der Waals surface area (Å²) < 4.78 is 9.00. The van der Waals surface area contributed by atoms with E-state index in [-0.39, 0.29) is 17.8 Å². The number of hydrogen-bond acceptors (Lipinski definition) is 7. The fourth-order valence-corrected chi connectivity index (χ4v) is 4.96. The van der Waals surface area contributed by atoms with Gasteiger partial charge in [-0.25, -0.2) is 9.59 Å². The molecule has 0 saturated carbocycles. The molecule has 0 bridgehead atoms. The van der Waals surface area contributed by atoms with Gasteiger partial charge in [0, 0.05) is 50.5 Å². The molecule has 1 amide bonds. The number of imidazole rings is 1. The molecule has 1 saturated heterocycles. The molecule has 0 spiro atoms. The summed E-state index contributed by atoms with van der Waals surface area (Å²) in [4.78, 5) is 37.0. The van der Waals surface area contributed by atoms with Gasteiger partial charge in [-0.3, -0.25) is 19.1 Å². The van der Waals surface area contributed by atoms with Gasteiger partial charge in [-0.2, -0.15) is 0 Å². The van der Waals surface area contributed by atoms with Crippen molar-refractivity contribution < 1.29 is 9.53 Å². The molecule has 1 aromatic carbocycles. The molecule has 0 radical (unpaired) electrons. The summed E-state index contributed by atoms with van der Waals surface area (Å²) in [6, 6.07) is 9.68. The number of amides is 1. The lowest BCUT2D eigenvalue weighted by molar-refractivity contribution is 0.0289. The van der Waals surface area contributed by atoms with Crippen LogP contribution in [-0.4, -0.2) is 55.8 Å². The predicted octanol–water partition coefficient (Wildman–Crippen LogP) is 3.61. The molecule has 4 aromatic rings. The Morgan fingerprint density at radius 1 is 1.16 bits per heavy atom. The van der Waals surface area contributed by atoms with E-state index in [0.29, 0.717) is 30.9 Å². The Morgan fingerprint density at radius 3 is 2.61 bits per heavy atom. The Bertz CT molecular complexity index is 1610. The van der Waals surface area contributed by atoms with Gasteiger partial charge in [0.05, 0.1) is 40.2 Å². The maximum Gasteiger partial charge on any atom is 0.410 e. The first-order chi connectivity index (χ1) is 18.1. The second-order valence-electron chi connectivity index (χ2n) is 10.6. The number of likely N-dealkylation sites (tertiary alicyclic amines) is 1. The fourth-order valence-electron chi connectivity index (χ4n) is 4.96. The molecule has 1 aliphatic rings. The van der Waals surface area contributed by atoms with Crippen LogP contribution in [0.1, 0.15) is 38.9 Å². The van der Waals surface area contributed by atoms with Gasteiger partial charge in [0.1, 0.15) is 5.60 Å². The number of aryl methyl sites for hydroxylation is 1. The Balaban J connectivity index is 1.57. The zero-order valence-electron chi connectivity index (χ0n) is 22.4. The highest BCUT2D eigenvalue weighted by Crippen LogP contribution is 2.32. The first-order valence-electron chi connectivity index (χ1n) is 12.6. The molecule has 38 heavy (non-hydrogen) atoms. The van der Waals surface area contributed by atoms with Gasteiger partial charge in [0.15, 0.2) is 0 Å². The minimum absolute atomic E-state index is 0.131. The van der Waals surface area contributed by atoms with Crippen molar-refractivity contribution in [3.8, 4) is 11.1 Å². The summed E-state index contributed by atoms with van der Waals surface area (Å²) in [5.74, 6) is 0. The number of aromatic nitrogens is 4. The van der Waals surface area contributed by atoms with Crippen molar-refractivity contribution in [2.75, 3.05) is 20.1 Å². The van der Waals surface area contributed by atoms with Crippen LogP contribution >= 0.6 is 0 Å². The van der Waals surface area contributed by atoms with Gasteiger partial charge >= 0.3 is 11.8 Å². The number of benzene rings is 1. The molecular formula is C28H33N7O3. The van der Waals surface area contributed by atoms with Gasteiger partial charge in [-0.1, -0.05) is 12.1 Å². The molecule has 10 heteroatoms. The van der Waals surface area contributed by atoms with Gasteiger partial charge < -0.3 is 20.7 Å². The summed E-state index contributed by atoms with van der Waals surface area (Å²) in [6.07, 6.45) is 5.52. The number of ether oxygens (including phenoxy) is 1. The standard InChI is InChI=1S/C28H33N7O3/c1-28(2,3)38-27(37)34-11-10-19(16-34)35-25-20-12-17(18-7-9-23(31-13-18)21(29)14-30-4)6-8-22(20)32-15-24(25)33(5)26(35)36/h6-9,12-15,19,30H,10-11,16,29H2,1-5H3/b21-14-. The quantitative estimate of drug-likeness (QED) is 0.426. The smallest absolute Gasteiger partial charge is 0.410 e. The largest absolute Gasteiger partial charge is 0.444 e. The van der Waals surface area contributed by atoms with Crippen LogP contribution in [0.2, 0.25) is 0 Å². The van der Waals surface area contributed by atoms with Crippen LogP contribution in [0.4, 0.5) is 4.79 Å². The van der Waals surface area contributed by atoms with Crippen LogP contribution in [0.15, 0.2) is 53.7 Å². The van der Waals surface area contributed by atoms with E-state index in [1.165, 1.54) is 0 Å². The van der Waals surface area contributed by atoms with Gasteiger partial charge in [0.25, 0.3) is 0 Å². The average molecular weight is 516 g/mol. The summed E-state index contributed by atoms with van der Waals surface area (Å²) in [5, 5.41) is 3.78. The van der Waals surface area contributed by atoms with Crippen LogP contribution in [0, 0.1) is 0 Å². The Kier molecular flexibility index (Phi) is 6.34. The Hall–Kier alpha value is -4.34. The molecule has 5 rings (SSSR count). The third kappa shape index (κ3) is 4.57. The van der Waals surface area contributed by atoms with Crippen LogP contribution in [0.25, 0.3) is 38.8 Å². The third-order valence-corrected chi connectivity index (χ3v) is 6.79. The van der Waals surface area contributed by atoms with Crippen LogP contribution < -0.4 is 16.7 Å². The van der Waals surface area contributed by atoms with E-state index in [2.05, 4.69) is 15.3 Å². The number of nitrogens with one attached hydrogen (secondary N) is 1. The monoisotopic (exact) mass is 515 g/mol. The van der Waals surface area contributed by atoms with E-state index in [1.807, 2.05) is 55.7 Å². The summed E-state index contributed by atoms with van der Waals surface area (Å²) in [6.45, 7) is 6.48. The maximum atomic E-state index is 13.5. The second kappa shape index (κ2) is 9.51. The van der Waals surface area contributed by atoms with Crippen molar-refractivity contribution in [2.24, 2.45) is 12.8 Å². The number of nitrogens with zero attached hydrogens (tertiary/aromatic N) is 5. The second-order valence-corrected chi connectivity index (χ2v) is 10.6. The number of carbonyl (C=O) groups excluding carboxylic acids is 1. The summed E-state index contributed by atoms with van der Waals surface area (Å²) in [5.41, 5.74) is 10.8. The molecule has 198 valence electrons. The normalized spacial score (nSPS) is 16.4. The molecule has 4 heterocycles. The van der Waals surface area contributed by atoms with E-state index >= 15 is 0 Å². The topological polar surface area (TPSA) is 120 Å². The summed E-state index contributed by atoms with van der Waals surface area (Å²) >= 11 is 0. The maximum absolute atomic E-state index is 13.5. The zero-order valence-corrected chi connectivity index (χ0v) is 22.4. The van der Waals surface area contributed by atoms with E-state index in [4.69, 9.17) is 10.5 Å². The van der Waals surface area contributed by atoms with Crippen LogP contribution in [-0.2, 0) is 11.8 Å². The first kappa shape index (κ1) is 25.3. The van der Waals surface area contributed by atoms with Gasteiger partial charge in [-0.15, -0.1) is 0 Å². The minimum Gasteiger partial charge on any atom is -0.444 e. The number of nitrogens with two attached hydrogens (primary N) is 1. The molecular weight excluding hydrogens is 482 g/mol. The molecule has 1 atom stereocenters. The molecule has 0 aliphatic carbocycles. The van der Waals surface area contributed by atoms with Crippen molar-refractivity contribution >= 4 is 33.7 Å². The third-order valence-electron chi connectivity index (χ3n) is 6.79. The van der Waals surface area contributed by atoms with Crippen molar-refractivity contribution in [1.82, 2.24) is 29.3 Å². The average Bonchev–Trinajstić information content (AvgIpc) is 3.46. The molecule has 3 N–H and O–H groups in total. The van der Waals surface area contributed by atoms with E-state index in [9.17, 15) is 9.59 Å². The van der Waals surface area contributed by atoms with E-state index in [1.54, 1.807) is 42.2 Å². The Morgan fingerprint density at radius 2 is 1.92 bits per heavy atom. The van der Waals surface area contributed by atoms with Crippen LogP contribution in [0.5, 0.6) is 0 Å². The van der Waals surface area contributed by atoms with Crippen LogP contribution in [0.3, 0.4) is 0 Å². The minimum atomic E-state index is -0.578. The predicted molar refractivity (Wildman–Crippen MR) is 148 cm³/mol. The van der Waals surface area contributed by atoms with Gasteiger partial charge in [-0.05, 0) is 51.0 Å². The first-order valence-corrected chi connectivity index (χ1v) is 12.6. The van der Waals surface area contributed by atoms with Gasteiger partial charge in [0.2, 0.25) is 0 Å². The molecule has 10 nitrogen and oxygen atoms in total. The lowest BCUT2D eigenvalue weighted by Crippen LogP contribution is -2.36. The highest BCUT2D eigenvalue weighted by molar-refractivity contribution is 6.04. The van der Waals surface area contributed by atoms with E-state index in [0.717, 1.165) is 33.1 Å². The lowest BCUT2D eigenvalue weighted by Gasteiger charge is -2.24.